The minimum atomic E-state index is -1.05. The summed E-state index contributed by atoms with van der Waals surface area (Å²) in [6.07, 6.45) is 10.1. The number of hydrogen-bond acceptors (Lipinski definition) is 5. The fourth-order valence-corrected chi connectivity index (χ4v) is 3.64. The predicted molar refractivity (Wildman–Crippen MR) is 108 cm³/mol. The third kappa shape index (κ3) is 9.18. The van der Waals surface area contributed by atoms with Gasteiger partial charge in [-0.3, -0.25) is 9.59 Å². The molecule has 0 aromatic heterocycles. The molecule has 0 heterocycles. The summed E-state index contributed by atoms with van der Waals surface area (Å²) >= 11 is 0. The smallest absolute Gasteiger partial charge is 0.331 e. The maximum atomic E-state index is 12.3. The number of rotatable bonds is 13. The monoisotopic (exact) mass is 396 g/mol. The van der Waals surface area contributed by atoms with Gasteiger partial charge in [-0.1, -0.05) is 33.1 Å². The van der Waals surface area contributed by atoms with Crippen LogP contribution in [0, 0.1) is 11.8 Å². The molecule has 1 N–H and O–H groups in total. The Labute approximate surface area is 170 Å². The number of nitrogens with one attached hydrogen (secondary N) is 1. The number of carbonyl (C=O) groups is 2. The lowest BCUT2D eigenvalue weighted by atomic mass is 9.88. The molecule has 0 bridgehead atoms. The van der Waals surface area contributed by atoms with Crippen LogP contribution >= 0.6 is 0 Å². The van der Waals surface area contributed by atoms with E-state index in [0.29, 0.717) is 18.9 Å². The lowest BCUT2D eigenvalue weighted by molar-refractivity contribution is -0.154. The zero-order valence-corrected chi connectivity index (χ0v) is 18.1. The molecule has 1 fully saturated rings. The maximum absolute atomic E-state index is 12.3. The van der Waals surface area contributed by atoms with Crippen molar-refractivity contribution in [2.45, 2.75) is 97.1 Å². The van der Waals surface area contributed by atoms with Gasteiger partial charge in [-0.25, -0.2) is 4.79 Å². The molecule has 28 heavy (non-hydrogen) atoms. The van der Waals surface area contributed by atoms with Gasteiger partial charge in [0.1, 0.15) is 12.1 Å². The first-order valence-electron chi connectivity index (χ1n) is 10.8. The van der Waals surface area contributed by atoms with E-state index in [2.05, 4.69) is 25.5 Å². The SMILES string of the molecule is CCCC(CC)CCC(=O)NC(C)(C)C(=O)OCCOC1CCC([C]=O)CC1. The maximum Gasteiger partial charge on any atom is 0.331 e. The summed E-state index contributed by atoms with van der Waals surface area (Å²) in [7, 11) is 0. The van der Waals surface area contributed by atoms with E-state index >= 15 is 0 Å². The van der Waals surface area contributed by atoms with Crippen molar-refractivity contribution in [3.63, 3.8) is 0 Å². The third-order valence-electron chi connectivity index (χ3n) is 5.53. The summed E-state index contributed by atoms with van der Waals surface area (Å²) in [4.78, 5) is 35.1. The summed E-state index contributed by atoms with van der Waals surface area (Å²) in [5.74, 6) is 0.0277. The van der Waals surface area contributed by atoms with E-state index in [1.54, 1.807) is 13.8 Å². The number of amides is 1. The Kier molecular flexibility index (Phi) is 11.4. The molecule has 1 saturated carbocycles. The average molecular weight is 397 g/mol. The first-order chi connectivity index (χ1) is 13.3. The molecule has 161 valence electrons. The summed E-state index contributed by atoms with van der Waals surface area (Å²) in [6, 6.07) is 0. The van der Waals surface area contributed by atoms with Crippen LogP contribution in [0.3, 0.4) is 0 Å². The van der Waals surface area contributed by atoms with Gasteiger partial charge in [0.15, 0.2) is 0 Å². The van der Waals surface area contributed by atoms with Crippen molar-refractivity contribution in [2.75, 3.05) is 13.2 Å². The first kappa shape index (κ1) is 24.6. The Bertz CT molecular complexity index is 483. The van der Waals surface area contributed by atoms with Crippen LogP contribution < -0.4 is 5.32 Å². The normalized spacial score (nSPS) is 21.0. The second kappa shape index (κ2) is 12.9. The molecule has 0 saturated heterocycles. The second-order valence-corrected chi connectivity index (χ2v) is 8.37. The van der Waals surface area contributed by atoms with Crippen molar-refractivity contribution in [3.05, 3.63) is 0 Å². The molecule has 1 aliphatic rings. The van der Waals surface area contributed by atoms with Crippen molar-refractivity contribution in [1.29, 1.82) is 0 Å². The van der Waals surface area contributed by atoms with Crippen molar-refractivity contribution in [3.8, 4) is 0 Å². The second-order valence-electron chi connectivity index (χ2n) is 8.37. The largest absolute Gasteiger partial charge is 0.462 e. The summed E-state index contributed by atoms with van der Waals surface area (Å²) in [5, 5.41) is 2.79. The molecule has 1 unspecified atom stereocenters. The molecule has 0 aromatic carbocycles. The van der Waals surface area contributed by atoms with Crippen LogP contribution in [0.1, 0.15) is 85.5 Å². The number of carbonyl (C=O) groups excluding carboxylic acids is 3. The Balaban J connectivity index is 2.24. The highest BCUT2D eigenvalue weighted by molar-refractivity contribution is 5.87. The third-order valence-corrected chi connectivity index (χ3v) is 5.53. The van der Waals surface area contributed by atoms with Crippen LogP contribution in [-0.4, -0.2) is 43.0 Å². The van der Waals surface area contributed by atoms with Crippen LogP contribution in [0.5, 0.6) is 0 Å². The number of hydrogen-bond donors (Lipinski definition) is 1. The minimum absolute atomic E-state index is 0.0386. The standard InChI is InChI=1S/C22H38NO5/c1-5-7-17(6-2)10-13-20(25)23-22(3,4)21(26)28-15-14-27-19-11-8-18(16-24)9-12-19/h17-19H,5-15H2,1-4H3,(H,23,25). The van der Waals surface area contributed by atoms with E-state index in [1.807, 2.05) is 0 Å². The highest BCUT2D eigenvalue weighted by Gasteiger charge is 2.31. The molecule has 6 heteroatoms. The lowest BCUT2D eigenvalue weighted by Gasteiger charge is -2.26. The van der Waals surface area contributed by atoms with E-state index in [4.69, 9.17) is 9.47 Å². The van der Waals surface area contributed by atoms with Crippen LogP contribution in [0.4, 0.5) is 0 Å². The molecule has 0 spiro atoms. The summed E-state index contributed by atoms with van der Waals surface area (Å²) in [5.41, 5.74) is -1.05. The summed E-state index contributed by atoms with van der Waals surface area (Å²) in [6.45, 7) is 8.11. The highest BCUT2D eigenvalue weighted by atomic mass is 16.6. The van der Waals surface area contributed by atoms with Crippen LogP contribution in [0.25, 0.3) is 0 Å². The van der Waals surface area contributed by atoms with E-state index in [0.717, 1.165) is 51.4 Å². The Morgan fingerprint density at radius 3 is 2.36 bits per heavy atom. The number of esters is 1. The van der Waals surface area contributed by atoms with Crippen molar-refractivity contribution in [1.82, 2.24) is 5.32 Å². The number of ether oxygens (including phenoxy) is 2. The van der Waals surface area contributed by atoms with Gasteiger partial charge < -0.3 is 14.8 Å². The molecule has 1 amide bonds. The Hall–Kier alpha value is -1.43. The van der Waals surface area contributed by atoms with Gasteiger partial charge in [0.25, 0.3) is 0 Å². The predicted octanol–water partition coefficient (Wildman–Crippen LogP) is 3.72. The topological polar surface area (TPSA) is 81.7 Å². The van der Waals surface area contributed by atoms with E-state index in [1.165, 1.54) is 0 Å². The molecule has 1 radical (unpaired) electrons. The van der Waals surface area contributed by atoms with Crippen molar-refractivity contribution < 1.29 is 23.9 Å². The van der Waals surface area contributed by atoms with Crippen molar-refractivity contribution >= 4 is 18.2 Å². The fraction of sp³-hybridized carbons (Fsp3) is 0.864. The molecule has 6 nitrogen and oxygen atoms in total. The summed E-state index contributed by atoms with van der Waals surface area (Å²) < 4.78 is 11.0. The van der Waals surface area contributed by atoms with Gasteiger partial charge >= 0.3 is 5.97 Å². The van der Waals surface area contributed by atoms with Gasteiger partial charge in [0, 0.05) is 12.3 Å². The molecular formula is C22H38NO5. The molecule has 1 rings (SSSR count). The molecule has 1 atom stereocenters. The first-order valence-corrected chi connectivity index (χ1v) is 10.8. The zero-order valence-electron chi connectivity index (χ0n) is 18.1. The van der Waals surface area contributed by atoms with Gasteiger partial charge in [-0.2, -0.15) is 0 Å². The minimum Gasteiger partial charge on any atom is -0.462 e. The Morgan fingerprint density at radius 1 is 1.11 bits per heavy atom. The van der Waals surface area contributed by atoms with Crippen molar-refractivity contribution in [2.24, 2.45) is 11.8 Å². The van der Waals surface area contributed by atoms with Crippen LogP contribution in [0.15, 0.2) is 0 Å². The van der Waals surface area contributed by atoms with Gasteiger partial charge in [0.05, 0.1) is 12.7 Å². The molecule has 0 aromatic rings. The van der Waals surface area contributed by atoms with Crippen LogP contribution in [0.2, 0.25) is 0 Å². The Morgan fingerprint density at radius 2 is 1.79 bits per heavy atom. The fourth-order valence-electron chi connectivity index (χ4n) is 3.64. The van der Waals surface area contributed by atoms with E-state index in [9.17, 15) is 14.4 Å². The van der Waals surface area contributed by atoms with E-state index in [-0.39, 0.29) is 24.5 Å². The van der Waals surface area contributed by atoms with Crippen LogP contribution in [-0.2, 0) is 23.9 Å². The highest BCUT2D eigenvalue weighted by Crippen LogP contribution is 2.24. The molecule has 1 aliphatic carbocycles. The van der Waals surface area contributed by atoms with Gasteiger partial charge in [-0.05, 0) is 51.9 Å². The van der Waals surface area contributed by atoms with Gasteiger partial charge in [-0.15, -0.1) is 0 Å². The average Bonchev–Trinajstić information content (AvgIpc) is 2.68. The van der Waals surface area contributed by atoms with Gasteiger partial charge in [0.2, 0.25) is 12.2 Å². The molecular weight excluding hydrogens is 358 g/mol. The quantitative estimate of drug-likeness (QED) is 0.379. The van der Waals surface area contributed by atoms with E-state index < -0.39 is 11.5 Å². The molecule has 0 aliphatic heterocycles. The zero-order chi connectivity index (χ0) is 21.0. The lowest BCUT2D eigenvalue weighted by Crippen LogP contribution is -2.50.